The second kappa shape index (κ2) is 11.4. The quantitative estimate of drug-likeness (QED) is 0.376. The molecule has 0 radical (unpaired) electrons. The molecular weight excluding hydrogens is 565 g/mol. The standard InChI is InChI=1S/C27H29F3N4O4S2/c1-2-38-24-15-19(27(28,29)30)9-11-23(24)25(35)32-20-12-17-8-10-22(14-18(17)13-20)40(36,37)34(26-33-31-16-39-26)21-6-4-3-5-7-21/h8-11,14-16,20-21H,2-7,12-13H2,1H3,(H,32,35). The number of aromatic nitrogens is 2. The van der Waals surface area contributed by atoms with Gasteiger partial charge in [-0.25, -0.2) is 12.7 Å². The predicted octanol–water partition coefficient (Wildman–Crippen LogP) is 5.38. The number of amides is 1. The van der Waals surface area contributed by atoms with Crippen molar-refractivity contribution < 1.29 is 31.1 Å². The minimum atomic E-state index is -4.56. The molecule has 8 nitrogen and oxygen atoms in total. The minimum absolute atomic E-state index is 0.00857. The number of alkyl halides is 3. The first-order valence-corrected chi connectivity index (χ1v) is 15.5. The average molecular weight is 595 g/mol. The van der Waals surface area contributed by atoms with Crippen LogP contribution in [0.15, 0.2) is 46.8 Å². The molecule has 1 N–H and O–H groups in total. The molecule has 40 heavy (non-hydrogen) atoms. The predicted molar refractivity (Wildman–Crippen MR) is 144 cm³/mol. The smallest absolute Gasteiger partial charge is 0.416 e. The van der Waals surface area contributed by atoms with Crippen molar-refractivity contribution in [1.29, 1.82) is 0 Å². The largest absolute Gasteiger partial charge is 0.493 e. The molecule has 0 bridgehead atoms. The van der Waals surface area contributed by atoms with E-state index in [0.29, 0.717) is 18.0 Å². The summed E-state index contributed by atoms with van der Waals surface area (Å²) in [6.45, 7) is 1.73. The third-order valence-corrected chi connectivity index (χ3v) is 9.94. The van der Waals surface area contributed by atoms with E-state index in [9.17, 15) is 26.4 Å². The van der Waals surface area contributed by atoms with Crippen LogP contribution < -0.4 is 14.4 Å². The number of anilines is 1. The molecule has 1 saturated carbocycles. The molecule has 2 aliphatic rings. The Hall–Kier alpha value is -3.19. The van der Waals surface area contributed by atoms with Gasteiger partial charge in [0, 0.05) is 12.1 Å². The van der Waals surface area contributed by atoms with E-state index in [-0.39, 0.29) is 34.9 Å². The Morgan fingerprint density at radius 2 is 1.85 bits per heavy atom. The van der Waals surface area contributed by atoms with Crippen LogP contribution in [-0.2, 0) is 29.0 Å². The van der Waals surface area contributed by atoms with Crippen LogP contribution in [0.5, 0.6) is 5.75 Å². The molecule has 2 aromatic carbocycles. The number of hydrogen-bond donors (Lipinski definition) is 1. The highest BCUT2D eigenvalue weighted by molar-refractivity contribution is 7.93. The van der Waals surface area contributed by atoms with Gasteiger partial charge >= 0.3 is 6.18 Å². The Morgan fingerprint density at radius 1 is 1.10 bits per heavy atom. The molecule has 0 saturated heterocycles. The Morgan fingerprint density at radius 3 is 2.52 bits per heavy atom. The molecule has 1 fully saturated rings. The van der Waals surface area contributed by atoms with Gasteiger partial charge in [0.1, 0.15) is 11.3 Å². The van der Waals surface area contributed by atoms with Gasteiger partial charge in [-0.1, -0.05) is 36.7 Å². The highest BCUT2D eigenvalue weighted by Gasteiger charge is 2.36. The Bertz CT molecular complexity index is 1470. The minimum Gasteiger partial charge on any atom is -0.493 e. The van der Waals surface area contributed by atoms with Gasteiger partial charge in [0.2, 0.25) is 5.13 Å². The van der Waals surface area contributed by atoms with Crippen LogP contribution in [0.3, 0.4) is 0 Å². The monoisotopic (exact) mass is 594 g/mol. The van der Waals surface area contributed by atoms with Crippen LogP contribution in [0.4, 0.5) is 18.3 Å². The maximum atomic E-state index is 13.9. The van der Waals surface area contributed by atoms with Crippen LogP contribution in [0, 0.1) is 0 Å². The van der Waals surface area contributed by atoms with E-state index < -0.39 is 27.7 Å². The number of rotatable bonds is 8. The van der Waals surface area contributed by atoms with Crippen LogP contribution in [0.1, 0.15) is 66.1 Å². The van der Waals surface area contributed by atoms with E-state index in [2.05, 4.69) is 15.5 Å². The first kappa shape index (κ1) is 28.3. The zero-order valence-electron chi connectivity index (χ0n) is 21.8. The number of benzene rings is 2. The van der Waals surface area contributed by atoms with Crippen LogP contribution >= 0.6 is 11.3 Å². The highest BCUT2D eigenvalue weighted by atomic mass is 32.2. The molecule has 0 spiro atoms. The topological polar surface area (TPSA) is 101 Å². The summed E-state index contributed by atoms with van der Waals surface area (Å²) in [5, 5.41) is 11.1. The van der Waals surface area contributed by atoms with Gasteiger partial charge in [-0.15, -0.1) is 10.2 Å². The first-order valence-electron chi connectivity index (χ1n) is 13.1. The van der Waals surface area contributed by atoms with Gasteiger partial charge in [0.25, 0.3) is 15.9 Å². The lowest BCUT2D eigenvalue weighted by atomic mass is 9.96. The average Bonchev–Trinajstić information content (AvgIpc) is 3.58. The van der Waals surface area contributed by atoms with E-state index in [0.717, 1.165) is 61.4 Å². The number of ether oxygens (including phenoxy) is 1. The Kier molecular flexibility index (Phi) is 8.05. The lowest BCUT2D eigenvalue weighted by Gasteiger charge is -2.33. The fraction of sp³-hybridized carbons (Fsp3) is 0.444. The summed E-state index contributed by atoms with van der Waals surface area (Å²) in [6, 6.07) is 7.25. The Balaban J connectivity index is 1.35. The van der Waals surface area contributed by atoms with Crippen LogP contribution in [0.25, 0.3) is 0 Å². The summed E-state index contributed by atoms with van der Waals surface area (Å²) in [7, 11) is -3.91. The molecule has 3 aromatic rings. The van der Waals surface area contributed by atoms with Gasteiger partial charge < -0.3 is 10.1 Å². The molecule has 5 rings (SSSR count). The third-order valence-electron chi connectivity index (χ3n) is 7.30. The van der Waals surface area contributed by atoms with Crippen molar-refractivity contribution in [2.75, 3.05) is 10.9 Å². The van der Waals surface area contributed by atoms with Gasteiger partial charge in [-0.3, -0.25) is 4.79 Å². The number of nitrogens with one attached hydrogen (secondary N) is 1. The number of carbonyl (C=O) groups is 1. The van der Waals surface area contributed by atoms with Crippen molar-refractivity contribution in [3.8, 4) is 5.75 Å². The van der Waals surface area contributed by atoms with E-state index in [1.54, 1.807) is 25.1 Å². The van der Waals surface area contributed by atoms with E-state index in [4.69, 9.17) is 4.74 Å². The van der Waals surface area contributed by atoms with Gasteiger partial charge in [0.15, 0.2) is 0 Å². The fourth-order valence-corrected chi connectivity index (χ4v) is 7.99. The zero-order valence-corrected chi connectivity index (χ0v) is 23.4. The number of carbonyl (C=O) groups excluding carboxylic acids is 1. The maximum absolute atomic E-state index is 13.9. The maximum Gasteiger partial charge on any atom is 0.416 e. The second-order valence-corrected chi connectivity index (χ2v) is 12.6. The van der Waals surface area contributed by atoms with Crippen molar-refractivity contribution in [1.82, 2.24) is 15.5 Å². The van der Waals surface area contributed by atoms with Gasteiger partial charge in [-0.05, 0) is 74.1 Å². The summed E-state index contributed by atoms with van der Waals surface area (Å²) in [5.74, 6) is -0.694. The molecule has 1 amide bonds. The van der Waals surface area contributed by atoms with E-state index in [1.165, 1.54) is 21.2 Å². The number of nitrogens with zero attached hydrogens (tertiary/aromatic N) is 3. The summed E-state index contributed by atoms with van der Waals surface area (Å²) in [4.78, 5) is 13.2. The van der Waals surface area contributed by atoms with Crippen LogP contribution in [-0.4, -0.2) is 43.2 Å². The molecule has 1 unspecified atom stereocenters. The third kappa shape index (κ3) is 5.80. The number of hydrogen-bond acceptors (Lipinski definition) is 7. The van der Waals surface area contributed by atoms with Crippen LogP contribution in [0.2, 0.25) is 0 Å². The lowest BCUT2D eigenvalue weighted by Crippen LogP contribution is -2.41. The summed E-state index contributed by atoms with van der Waals surface area (Å²) < 4.78 is 74.0. The van der Waals surface area contributed by atoms with Crippen molar-refractivity contribution >= 4 is 32.4 Å². The highest BCUT2D eigenvalue weighted by Crippen LogP contribution is 2.36. The summed E-state index contributed by atoms with van der Waals surface area (Å²) >= 11 is 1.19. The molecule has 13 heteroatoms. The molecule has 1 aromatic heterocycles. The van der Waals surface area contributed by atoms with E-state index in [1.807, 2.05) is 0 Å². The zero-order chi connectivity index (χ0) is 28.5. The fourth-order valence-electron chi connectivity index (χ4n) is 5.43. The Labute approximate surface area is 234 Å². The number of halogens is 3. The SMILES string of the molecule is CCOc1cc(C(F)(F)F)ccc1C(=O)NC1Cc2ccc(S(=O)(=O)N(c3nncs3)C3CCCCC3)cc2C1. The van der Waals surface area contributed by atoms with Crippen molar-refractivity contribution in [2.45, 2.75) is 75.0 Å². The first-order chi connectivity index (χ1) is 19.1. The molecular formula is C27H29F3N4O4S2. The van der Waals surface area contributed by atoms with Crippen molar-refractivity contribution in [2.24, 2.45) is 0 Å². The summed E-state index contributed by atoms with van der Waals surface area (Å²) in [6.07, 6.45) is 0.777. The van der Waals surface area contributed by atoms with Gasteiger partial charge in [-0.2, -0.15) is 13.2 Å². The molecule has 214 valence electrons. The normalized spacial score (nSPS) is 17.9. The van der Waals surface area contributed by atoms with Gasteiger partial charge in [0.05, 0.1) is 22.6 Å². The molecule has 0 aliphatic heterocycles. The molecule has 1 heterocycles. The van der Waals surface area contributed by atoms with Crippen molar-refractivity contribution in [3.05, 3.63) is 64.2 Å². The lowest BCUT2D eigenvalue weighted by molar-refractivity contribution is -0.137. The molecule has 1 atom stereocenters. The van der Waals surface area contributed by atoms with E-state index >= 15 is 0 Å². The second-order valence-electron chi connectivity index (χ2n) is 9.96. The number of sulfonamides is 1. The number of fused-ring (bicyclic) bond motifs is 1. The van der Waals surface area contributed by atoms with Crippen molar-refractivity contribution in [3.63, 3.8) is 0 Å². The molecule has 2 aliphatic carbocycles. The summed E-state index contributed by atoms with van der Waals surface area (Å²) in [5.41, 5.74) is 2.33.